The molecule has 1 aliphatic rings. The number of carbonyl (C=O) groups is 1. The summed E-state index contributed by atoms with van der Waals surface area (Å²) >= 11 is 0. The highest BCUT2D eigenvalue weighted by Crippen LogP contribution is 2.40. The first-order valence-corrected chi connectivity index (χ1v) is 8.84. The van der Waals surface area contributed by atoms with Crippen LogP contribution in [0.3, 0.4) is 0 Å². The predicted octanol–water partition coefficient (Wildman–Crippen LogP) is 2.75. The molecule has 8 heteroatoms. The third-order valence-corrected chi connectivity index (χ3v) is 4.47. The molecule has 1 N–H and O–H groups in total. The normalized spacial score (nSPS) is 13.8. The van der Waals surface area contributed by atoms with Crippen LogP contribution in [0, 0.1) is 0 Å². The van der Waals surface area contributed by atoms with Crippen LogP contribution in [-0.2, 0) is 0 Å². The zero-order chi connectivity index (χ0) is 19.2. The van der Waals surface area contributed by atoms with Gasteiger partial charge in [0.1, 0.15) is 11.5 Å². The number of nitrogens with zero attached hydrogens (tertiary/aromatic N) is 3. The topological polar surface area (TPSA) is 85.8 Å². The molecule has 0 radical (unpaired) electrons. The Labute approximate surface area is 158 Å². The van der Waals surface area contributed by atoms with Crippen molar-refractivity contribution in [3.05, 3.63) is 30.2 Å². The summed E-state index contributed by atoms with van der Waals surface area (Å²) in [5, 5.41) is 2.79. The van der Waals surface area contributed by atoms with Gasteiger partial charge in [0.15, 0.2) is 11.5 Å². The molecule has 1 aliphatic heterocycles. The quantitative estimate of drug-likeness (QED) is 0.834. The lowest BCUT2D eigenvalue weighted by molar-refractivity contribution is 0.102. The molecule has 0 saturated carbocycles. The molecule has 1 aromatic heterocycles. The van der Waals surface area contributed by atoms with Crippen LogP contribution < -0.4 is 24.4 Å². The Balaban J connectivity index is 1.75. The van der Waals surface area contributed by atoms with E-state index in [2.05, 4.69) is 20.2 Å². The fraction of sp³-hybridized carbons (Fsp3) is 0.421. The van der Waals surface area contributed by atoms with Gasteiger partial charge in [-0.1, -0.05) is 0 Å². The Bertz CT molecular complexity index is 764. The summed E-state index contributed by atoms with van der Waals surface area (Å²) in [6.07, 6.45) is 6.71. The van der Waals surface area contributed by atoms with Crippen molar-refractivity contribution >= 4 is 17.4 Å². The average molecular weight is 372 g/mol. The number of aromatic nitrogens is 2. The molecule has 2 aromatic rings. The van der Waals surface area contributed by atoms with Gasteiger partial charge in [0, 0.05) is 30.9 Å². The number of benzene rings is 1. The summed E-state index contributed by atoms with van der Waals surface area (Å²) < 4.78 is 15.9. The van der Waals surface area contributed by atoms with Crippen LogP contribution in [-0.4, -0.2) is 50.3 Å². The number of anilines is 2. The summed E-state index contributed by atoms with van der Waals surface area (Å²) in [5.41, 5.74) is 0.751. The highest BCUT2D eigenvalue weighted by Gasteiger charge is 2.17. The van der Waals surface area contributed by atoms with Gasteiger partial charge in [0.25, 0.3) is 5.91 Å². The molecule has 0 bridgehead atoms. The lowest BCUT2D eigenvalue weighted by atomic mass is 10.1. The van der Waals surface area contributed by atoms with Crippen molar-refractivity contribution in [1.82, 2.24) is 9.97 Å². The van der Waals surface area contributed by atoms with Gasteiger partial charge in [-0.3, -0.25) is 4.79 Å². The highest BCUT2D eigenvalue weighted by molar-refractivity contribution is 6.03. The van der Waals surface area contributed by atoms with Crippen LogP contribution in [0.25, 0.3) is 0 Å². The number of nitrogens with one attached hydrogen (secondary N) is 1. The molecule has 144 valence electrons. The molecule has 1 fully saturated rings. The van der Waals surface area contributed by atoms with E-state index in [1.807, 2.05) is 0 Å². The molecular weight excluding hydrogens is 348 g/mol. The number of rotatable bonds is 6. The van der Waals surface area contributed by atoms with Gasteiger partial charge >= 0.3 is 0 Å². The van der Waals surface area contributed by atoms with E-state index in [0.29, 0.717) is 22.9 Å². The second-order valence-electron chi connectivity index (χ2n) is 6.18. The van der Waals surface area contributed by atoms with Crippen LogP contribution in [0.15, 0.2) is 24.5 Å². The van der Waals surface area contributed by atoms with E-state index in [1.54, 1.807) is 18.3 Å². The van der Waals surface area contributed by atoms with Crippen LogP contribution in [0.4, 0.5) is 11.5 Å². The number of hydrogen-bond donors (Lipinski definition) is 1. The highest BCUT2D eigenvalue weighted by atomic mass is 16.5. The molecule has 1 aromatic carbocycles. The Kier molecular flexibility index (Phi) is 5.95. The number of methoxy groups -OCH3 is 3. The van der Waals surface area contributed by atoms with Gasteiger partial charge < -0.3 is 24.4 Å². The van der Waals surface area contributed by atoms with Crippen molar-refractivity contribution in [1.29, 1.82) is 0 Å². The Morgan fingerprint density at radius 1 is 0.963 bits per heavy atom. The summed E-state index contributed by atoms with van der Waals surface area (Å²) in [6, 6.07) is 3.32. The molecule has 1 saturated heterocycles. The summed E-state index contributed by atoms with van der Waals surface area (Å²) in [5.74, 6) is 1.82. The first kappa shape index (κ1) is 18.8. The second-order valence-corrected chi connectivity index (χ2v) is 6.18. The third-order valence-electron chi connectivity index (χ3n) is 4.47. The van der Waals surface area contributed by atoms with Crippen LogP contribution in [0.5, 0.6) is 17.2 Å². The zero-order valence-corrected chi connectivity index (χ0v) is 15.8. The smallest absolute Gasteiger partial charge is 0.275 e. The maximum absolute atomic E-state index is 12.5. The van der Waals surface area contributed by atoms with Crippen LogP contribution >= 0.6 is 0 Å². The summed E-state index contributed by atoms with van der Waals surface area (Å²) in [4.78, 5) is 23.4. The standard InChI is InChI=1S/C19H24N4O4/c1-25-15-9-13(10-16(26-2)18(15)27-3)22-19(24)14-11-21-17(12-20-14)23-7-5-4-6-8-23/h9-12H,4-8H2,1-3H3,(H,22,24). The Hall–Kier alpha value is -3.03. The molecule has 0 spiro atoms. The minimum Gasteiger partial charge on any atom is -0.493 e. The lowest BCUT2D eigenvalue weighted by Crippen LogP contribution is -2.30. The summed E-state index contributed by atoms with van der Waals surface area (Å²) in [6.45, 7) is 1.96. The van der Waals surface area contributed by atoms with Gasteiger partial charge in [-0.2, -0.15) is 0 Å². The molecule has 1 amide bonds. The molecule has 0 atom stereocenters. The first-order valence-electron chi connectivity index (χ1n) is 8.84. The van der Waals surface area contributed by atoms with Crippen molar-refractivity contribution in [3.8, 4) is 17.2 Å². The van der Waals surface area contributed by atoms with Crippen molar-refractivity contribution in [2.75, 3.05) is 44.6 Å². The maximum Gasteiger partial charge on any atom is 0.275 e. The molecule has 8 nitrogen and oxygen atoms in total. The number of piperidine rings is 1. The minimum atomic E-state index is -0.359. The number of carbonyl (C=O) groups excluding carboxylic acids is 1. The first-order chi connectivity index (χ1) is 13.2. The average Bonchev–Trinajstić information content (AvgIpc) is 2.73. The van der Waals surface area contributed by atoms with Crippen LogP contribution in [0.1, 0.15) is 29.8 Å². The van der Waals surface area contributed by atoms with Crippen molar-refractivity contribution in [3.63, 3.8) is 0 Å². The number of hydrogen-bond acceptors (Lipinski definition) is 7. The van der Waals surface area contributed by atoms with Crippen molar-refractivity contribution in [2.24, 2.45) is 0 Å². The van der Waals surface area contributed by atoms with Gasteiger partial charge in [-0.15, -0.1) is 0 Å². The lowest BCUT2D eigenvalue weighted by Gasteiger charge is -2.27. The van der Waals surface area contributed by atoms with E-state index in [9.17, 15) is 4.79 Å². The van der Waals surface area contributed by atoms with E-state index >= 15 is 0 Å². The molecule has 0 aliphatic carbocycles. The number of amides is 1. The maximum atomic E-state index is 12.5. The SMILES string of the molecule is COc1cc(NC(=O)c2cnc(N3CCCCC3)cn2)cc(OC)c1OC. The Morgan fingerprint density at radius 3 is 2.15 bits per heavy atom. The monoisotopic (exact) mass is 372 g/mol. The molecule has 2 heterocycles. The van der Waals surface area contributed by atoms with E-state index in [-0.39, 0.29) is 11.6 Å². The van der Waals surface area contributed by atoms with Gasteiger partial charge in [0.05, 0.1) is 33.7 Å². The minimum absolute atomic E-state index is 0.240. The van der Waals surface area contributed by atoms with E-state index in [4.69, 9.17) is 14.2 Å². The fourth-order valence-corrected chi connectivity index (χ4v) is 3.07. The van der Waals surface area contributed by atoms with E-state index in [1.165, 1.54) is 33.9 Å². The van der Waals surface area contributed by atoms with Crippen LogP contribution in [0.2, 0.25) is 0 Å². The number of ether oxygens (including phenoxy) is 3. The van der Waals surface area contributed by atoms with Gasteiger partial charge in [0.2, 0.25) is 5.75 Å². The second kappa shape index (κ2) is 8.57. The molecule has 0 unspecified atom stereocenters. The zero-order valence-electron chi connectivity index (χ0n) is 15.8. The van der Waals surface area contributed by atoms with Gasteiger partial charge in [-0.05, 0) is 19.3 Å². The fourth-order valence-electron chi connectivity index (χ4n) is 3.07. The largest absolute Gasteiger partial charge is 0.493 e. The predicted molar refractivity (Wildman–Crippen MR) is 102 cm³/mol. The van der Waals surface area contributed by atoms with E-state index < -0.39 is 0 Å². The van der Waals surface area contributed by atoms with Gasteiger partial charge in [-0.25, -0.2) is 9.97 Å². The van der Waals surface area contributed by atoms with Crippen molar-refractivity contribution < 1.29 is 19.0 Å². The molecule has 3 rings (SSSR count). The molecular formula is C19H24N4O4. The van der Waals surface area contributed by atoms with E-state index in [0.717, 1.165) is 31.7 Å². The molecule has 27 heavy (non-hydrogen) atoms. The van der Waals surface area contributed by atoms with Crippen molar-refractivity contribution in [2.45, 2.75) is 19.3 Å². The third kappa shape index (κ3) is 4.21. The Morgan fingerprint density at radius 2 is 1.63 bits per heavy atom. The summed E-state index contributed by atoms with van der Waals surface area (Å²) in [7, 11) is 4.57.